The van der Waals surface area contributed by atoms with Crippen LogP contribution in [0.5, 0.6) is 5.75 Å². The van der Waals surface area contributed by atoms with Crippen molar-refractivity contribution in [3.63, 3.8) is 0 Å². The minimum atomic E-state index is -0.0483. The molecule has 4 heteroatoms. The van der Waals surface area contributed by atoms with Crippen LogP contribution in [0.25, 0.3) is 10.9 Å². The van der Waals surface area contributed by atoms with Crippen LogP contribution in [0.2, 0.25) is 0 Å². The lowest BCUT2D eigenvalue weighted by Crippen LogP contribution is -2.06. The van der Waals surface area contributed by atoms with Gasteiger partial charge >= 0.3 is 0 Å². The van der Waals surface area contributed by atoms with Crippen LogP contribution in [0.1, 0.15) is 29.3 Å². The summed E-state index contributed by atoms with van der Waals surface area (Å²) in [5.41, 5.74) is 4.77. The Kier molecular flexibility index (Phi) is 5.64. The van der Waals surface area contributed by atoms with Gasteiger partial charge in [-0.25, -0.2) is 4.98 Å². The lowest BCUT2D eigenvalue weighted by molar-refractivity contribution is 0.103. The second-order valence-corrected chi connectivity index (χ2v) is 5.89. The first-order chi connectivity index (χ1) is 12.3. The van der Waals surface area contributed by atoms with Gasteiger partial charge in [-0.1, -0.05) is 37.3 Å². The molecule has 0 amide bonds. The van der Waals surface area contributed by atoms with Crippen molar-refractivity contribution >= 4 is 10.9 Å². The molecule has 2 aromatic carbocycles. The largest absolute Gasteiger partial charge is 0.497 e. The molecule has 0 aliphatic carbocycles. The van der Waals surface area contributed by atoms with Crippen molar-refractivity contribution in [2.75, 3.05) is 7.11 Å². The molecule has 0 saturated carbocycles. The Balaban J connectivity index is 1.91. The highest BCUT2D eigenvalue weighted by Gasteiger charge is 2.14. The summed E-state index contributed by atoms with van der Waals surface area (Å²) in [6.07, 6.45) is 0.813. The zero-order chi connectivity index (χ0) is 17.6. The molecule has 0 spiro atoms. The molecule has 4 nitrogen and oxygen atoms in total. The molecule has 0 fully saturated rings. The summed E-state index contributed by atoms with van der Waals surface area (Å²) in [7, 11) is 1.65. The normalized spacial score (nSPS) is 11.0. The van der Waals surface area contributed by atoms with Gasteiger partial charge in [0.05, 0.1) is 38.1 Å². The second kappa shape index (κ2) is 8.10. The predicted molar refractivity (Wildman–Crippen MR) is 98.5 cm³/mol. The molecule has 1 aromatic heterocycles. The van der Waals surface area contributed by atoms with Crippen molar-refractivity contribution in [1.82, 2.24) is 4.98 Å². The van der Waals surface area contributed by atoms with Crippen LogP contribution in [0.3, 0.4) is 0 Å². The predicted octanol–water partition coefficient (Wildman–Crippen LogP) is 4.01. The fourth-order valence-corrected chi connectivity index (χ4v) is 3.08. The van der Waals surface area contributed by atoms with Crippen molar-refractivity contribution in [3.8, 4) is 5.75 Å². The van der Waals surface area contributed by atoms with Crippen LogP contribution in [0.15, 0.2) is 48.5 Å². The van der Waals surface area contributed by atoms with Crippen LogP contribution in [0, 0.1) is 0 Å². The van der Waals surface area contributed by atoms with Gasteiger partial charge in [0.15, 0.2) is 0 Å². The van der Waals surface area contributed by atoms with E-state index in [2.05, 4.69) is 6.92 Å². The molecule has 3 rings (SSSR count). The number of rotatable bonds is 7. The molecule has 0 bridgehead atoms. The van der Waals surface area contributed by atoms with E-state index in [0.717, 1.165) is 45.5 Å². The third-order valence-corrected chi connectivity index (χ3v) is 4.36. The summed E-state index contributed by atoms with van der Waals surface area (Å²) in [6, 6.07) is 15.9. The Hall–Kier alpha value is -2.43. The van der Waals surface area contributed by atoms with Gasteiger partial charge in [0.1, 0.15) is 5.75 Å². The number of methoxy groups -OCH3 is 1. The molecule has 0 radical (unpaired) electrons. The van der Waals surface area contributed by atoms with E-state index in [4.69, 9.17) is 14.5 Å². The van der Waals surface area contributed by atoms with Crippen molar-refractivity contribution in [2.24, 2.45) is 0 Å². The first-order valence-electron chi connectivity index (χ1n) is 8.47. The second-order valence-electron chi connectivity index (χ2n) is 5.89. The van der Waals surface area contributed by atoms with Crippen LogP contribution in [-0.2, 0) is 31.0 Å². The van der Waals surface area contributed by atoms with Crippen LogP contribution in [-0.4, -0.2) is 17.2 Å². The summed E-state index contributed by atoms with van der Waals surface area (Å²) < 4.78 is 11.2. The summed E-state index contributed by atoms with van der Waals surface area (Å²) in [6.45, 7) is 2.94. The van der Waals surface area contributed by atoms with Crippen LogP contribution < -0.4 is 4.74 Å². The van der Waals surface area contributed by atoms with Gasteiger partial charge in [0.2, 0.25) is 0 Å². The molecule has 0 aliphatic heterocycles. The van der Waals surface area contributed by atoms with Crippen molar-refractivity contribution in [1.29, 1.82) is 0 Å². The maximum atomic E-state index is 9.91. The van der Waals surface area contributed by atoms with Gasteiger partial charge in [-0.3, -0.25) is 0 Å². The standard InChI is InChI=1S/C21H23NO3/c1-3-17-18-11-16(24-2)9-10-20(18)22-21(19(17)12-23)14-25-13-15-7-5-4-6-8-15/h4-11,23H,3,12-14H2,1-2H3. The van der Waals surface area contributed by atoms with Gasteiger partial charge in [-0.05, 0) is 35.7 Å². The quantitative estimate of drug-likeness (QED) is 0.707. The van der Waals surface area contributed by atoms with E-state index < -0.39 is 0 Å². The Morgan fingerprint density at radius 1 is 1.00 bits per heavy atom. The van der Waals surface area contributed by atoms with Gasteiger partial charge in [-0.15, -0.1) is 0 Å². The maximum Gasteiger partial charge on any atom is 0.119 e. The number of benzene rings is 2. The van der Waals surface area contributed by atoms with Gasteiger partial charge < -0.3 is 14.6 Å². The third kappa shape index (κ3) is 3.81. The summed E-state index contributed by atoms with van der Waals surface area (Å²) >= 11 is 0. The van der Waals surface area contributed by atoms with Crippen LogP contribution >= 0.6 is 0 Å². The Morgan fingerprint density at radius 3 is 2.48 bits per heavy atom. The van der Waals surface area contributed by atoms with E-state index in [1.807, 2.05) is 48.5 Å². The molecule has 0 unspecified atom stereocenters. The smallest absolute Gasteiger partial charge is 0.119 e. The third-order valence-electron chi connectivity index (χ3n) is 4.36. The summed E-state index contributed by atoms with van der Waals surface area (Å²) in [5, 5.41) is 10.9. The number of aliphatic hydroxyl groups excluding tert-OH is 1. The van der Waals surface area contributed by atoms with Gasteiger partial charge in [-0.2, -0.15) is 0 Å². The fourth-order valence-electron chi connectivity index (χ4n) is 3.08. The van der Waals surface area contributed by atoms with E-state index in [1.54, 1.807) is 7.11 Å². The topological polar surface area (TPSA) is 51.6 Å². The van der Waals surface area contributed by atoms with Gasteiger partial charge in [0.25, 0.3) is 0 Å². The van der Waals surface area contributed by atoms with E-state index in [9.17, 15) is 5.11 Å². The van der Waals surface area contributed by atoms with Crippen molar-refractivity contribution in [2.45, 2.75) is 33.2 Å². The number of fused-ring (bicyclic) bond motifs is 1. The van der Waals surface area contributed by atoms with E-state index in [1.165, 1.54) is 0 Å². The Morgan fingerprint density at radius 2 is 1.80 bits per heavy atom. The lowest BCUT2D eigenvalue weighted by atomic mass is 9.98. The molecular weight excluding hydrogens is 314 g/mol. The highest BCUT2D eigenvalue weighted by molar-refractivity contribution is 5.85. The first kappa shape index (κ1) is 17.4. The number of ether oxygens (including phenoxy) is 2. The van der Waals surface area contributed by atoms with E-state index >= 15 is 0 Å². The highest BCUT2D eigenvalue weighted by Crippen LogP contribution is 2.28. The van der Waals surface area contributed by atoms with Crippen molar-refractivity contribution in [3.05, 3.63) is 70.9 Å². The molecule has 0 aliphatic rings. The first-order valence-corrected chi connectivity index (χ1v) is 8.47. The number of aryl methyl sites for hydroxylation is 1. The molecule has 1 heterocycles. The zero-order valence-corrected chi connectivity index (χ0v) is 14.7. The molecule has 1 N–H and O–H groups in total. The monoisotopic (exact) mass is 337 g/mol. The molecule has 0 atom stereocenters. The minimum Gasteiger partial charge on any atom is -0.497 e. The number of pyridine rings is 1. The number of aliphatic hydroxyl groups is 1. The maximum absolute atomic E-state index is 9.91. The number of nitrogens with zero attached hydrogens (tertiary/aromatic N) is 1. The van der Waals surface area contributed by atoms with Crippen LogP contribution in [0.4, 0.5) is 0 Å². The average Bonchev–Trinajstić information content (AvgIpc) is 2.67. The highest BCUT2D eigenvalue weighted by atomic mass is 16.5. The molecule has 25 heavy (non-hydrogen) atoms. The number of aromatic nitrogens is 1. The summed E-state index contributed by atoms with van der Waals surface area (Å²) in [4.78, 5) is 4.72. The SMILES string of the molecule is CCc1c(CO)c(COCc2ccccc2)nc2ccc(OC)cc12. The molecular formula is C21H23NO3. The van der Waals surface area contributed by atoms with E-state index in [-0.39, 0.29) is 6.61 Å². The Labute approximate surface area is 148 Å². The zero-order valence-electron chi connectivity index (χ0n) is 14.7. The lowest BCUT2D eigenvalue weighted by Gasteiger charge is -2.15. The Bertz CT molecular complexity index is 847. The van der Waals surface area contributed by atoms with Gasteiger partial charge in [0, 0.05) is 10.9 Å². The average molecular weight is 337 g/mol. The fraction of sp³-hybridized carbons (Fsp3) is 0.286. The molecule has 0 saturated heterocycles. The van der Waals surface area contributed by atoms with E-state index in [0.29, 0.717) is 13.2 Å². The molecule has 3 aromatic rings. The molecule has 130 valence electrons. The minimum absolute atomic E-state index is 0.0483. The number of hydrogen-bond acceptors (Lipinski definition) is 4. The number of hydrogen-bond donors (Lipinski definition) is 1. The van der Waals surface area contributed by atoms with Crippen molar-refractivity contribution < 1.29 is 14.6 Å². The summed E-state index contributed by atoms with van der Waals surface area (Å²) in [5.74, 6) is 0.793.